The Kier molecular flexibility index (Phi) is 5.04. The van der Waals surface area contributed by atoms with E-state index in [1.165, 1.54) is 0 Å². The van der Waals surface area contributed by atoms with Crippen molar-refractivity contribution in [3.05, 3.63) is 103 Å². The fraction of sp³-hybridized carbons (Fsp3) is 0. The van der Waals surface area contributed by atoms with Crippen LogP contribution in [0.4, 0.5) is 17.1 Å². The van der Waals surface area contributed by atoms with Crippen molar-refractivity contribution in [1.29, 1.82) is 0 Å². The Bertz CT molecular complexity index is 999. The van der Waals surface area contributed by atoms with Crippen molar-refractivity contribution in [1.82, 2.24) is 0 Å². The molecule has 0 saturated carbocycles. The normalized spacial score (nSPS) is 12.5. The van der Waals surface area contributed by atoms with Gasteiger partial charge in [-0.15, -0.1) is 0 Å². The molecular weight excluding hydrogens is 417 g/mol. The van der Waals surface area contributed by atoms with E-state index in [2.05, 4.69) is 0 Å². The van der Waals surface area contributed by atoms with Crippen molar-refractivity contribution in [3.8, 4) is 0 Å². The molecule has 0 bridgehead atoms. The number of hydrogen-bond donors (Lipinski definition) is 1. The number of rotatable bonds is 6. The van der Waals surface area contributed by atoms with Gasteiger partial charge >= 0.3 is 168 Å². The van der Waals surface area contributed by atoms with Crippen LogP contribution in [0, 0.1) is 30.3 Å². The fourth-order valence-corrected chi connectivity index (χ4v) is 6.00. The van der Waals surface area contributed by atoms with Crippen LogP contribution in [0.25, 0.3) is 0 Å². The molecule has 0 spiro atoms. The van der Waals surface area contributed by atoms with Crippen LogP contribution in [-0.4, -0.2) is 19.7 Å². The van der Waals surface area contributed by atoms with Crippen LogP contribution in [0.2, 0.25) is 0 Å². The summed E-state index contributed by atoms with van der Waals surface area (Å²) in [7, 11) is -5.48. The Morgan fingerprint density at radius 1 is 0.533 bits per heavy atom. The van der Waals surface area contributed by atoms with Gasteiger partial charge in [-0.05, 0) is 0 Å². The first-order chi connectivity index (χ1) is 14.0. The molecule has 30 heavy (non-hydrogen) atoms. The summed E-state index contributed by atoms with van der Waals surface area (Å²) < 4.78 is 0. The zero-order chi connectivity index (χ0) is 22.1. The van der Waals surface area contributed by atoms with Crippen LogP contribution in [0.5, 0.6) is 0 Å². The monoisotopic (exact) mass is 430 g/mol. The average molecular weight is 430 g/mol. The molecule has 1 N–H and O–H groups in total. The van der Waals surface area contributed by atoms with Gasteiger partial charge in [-0.25, -0.2) is 0 Å². The first-order valence-corrected chi connectivity index (χ1v) is 10.4. The second-order valence-corrected chi connectivity index (χ2v) is 9.84. The molecule has 0 heterocycles. The molecule has 0 unspecified atom stereocenters. The number of benzene rings is 3. The quantitative estimate of drug-likeness (QED) is 0.347. The zero-order valence-electron chi connectivity index (χ0n) is 15.0. The van der Waals surface area contributed by atoms with Crippen molar-refractivity contribution in [2.45, 2.75) is 0 Å². The van der Waals surface area contributed by atoms with E-state index in [9.17, 15) is 40.1 Å². The maximum atomic E-state index is 14.3. The summed E-state index contributed by atoms with van der Waals surface area (Å²) in [5, 5.41) is 32.2. The van der Waals surface area contributed by atoms with Crippen LogP contribution in [0.15, 0.2) is 72.8 Å². The number of hydrogen-bond acceptors (Lipinski definition) is 8. The van der Waals surface area contributed by atoms with Crippen molar-refractivity contribution in [2.75, 3.05) is 0 Å². The molecule has 0 saturated heterocycles. The van der Waals surface area contributed by atoms with Gasteiger partial charge in [0.05, 0.1) is 0 Å². The van der Waals surface area contributed by atoms with Crippen molar-refractivity contribution in [2.24, 2.45) is 0 Å². The summed E-state index contributed by atoms with van der Waals surface area (Å²) >= 11 is 0. The molecule has 154 valence electrons. The van der Waals surface area contributed by atoms with Gasteiger partial charge in [0.25, 0.3) is 0 Å². The molecule has 3 aromatic carbocycles. The molecule has 0 aliphatic carbocycles. The van der Waals surface area contributed by atoms with Gasteiger partial charge in [-0.3, -0.25) is 0 Å². The summed E-state index contributed by atoms with van der Waals surface area (Å²) in [6.07, 6.45) is 0. The second kappa shape index (κ2) is 7.23. The molecule has 0 amide bonds. The molecule has 0 aromatic heterocycles. The molecule has 0 radical (unpaired) electrons. The number of non-ortho nitro benzene ring substituents is 3. The number of nitro groups is 3. The third kappa shape index (κ3) is 3.37. The van der Waals surface area contributed by atoms with Gasteiger partial charge in [0.2, 0.25) is 0 Å². The van der Waals surface area contributed by atoms with Crippen molar-refractivity contribution in [3.63, 3.8) is 0 Å². The Balaban J connectivity index is 2.27. The Morgan fingerprint density at radius 3 is 0.900 bits per heavy atom. The third-order valence-corrected chi connectivity index (χ3v) is 8.39. The van der Waals surface area contributed by atoms with E-state index in [1.807, 2.05) is 0 Å². The molecule has 3 rings (SSSR count). The predicted octanol–water partition coefficient (Wildman–Crippen LogP) is 1.42. The topological polar surface area (TPSA) is 173 Å². The van der Waals surface area contributed by atoms with Crippen LogP contribution in [0.1, 0.15) is 0 Å². The van der Waals surface area contributed by atoms with Crippen molar-refractivity contribution >= 4 is 40.0 Å². The molecule has 0 fully saturated rings. The van der Waals surface area contributed by atoms with E-state index < -0.39 is 21.8 Å². The minimum absolute atomic E-state index is 0.186. The van der Waals surface area contributed by atoms with Crippen LogP contribution in [-0.2, 0) is 0 Å². The zero-order valence-corrected chi connectivity index (χ0v) is 15.9. The third-order valence-electron chi connectivity index (χ3n) is 4.62. The Hall–Kier alpha value is -3.79. The average Bonchev–Trinajstić information content (AvgIpc) is 2.74. The summed E-state index contributed by atoms with van der Waals surface area (Å²) in [4.78, 5) is 56.7. The van der Waals surface area contributed by atoms with Crippen LogP contribution >= 0.6 is 7.06 Å². The summed E-state index contributed by atoms with van der Waals surface area (Å²) in [6.45, 7) is 0. The predicted molar refractivity (Wildman–Crippen MR) is 107 cm³/mol. The van der Waals surface area contributed by atoms with E-state index >= 15 is 0 Å². The number of nitrogens with zero attached hydrogens (tertiary/aromatic N) is 3. The molecule has 0 atom stereocenters. The van der Waals surface area contributed by atoms with Crippen molar-refractivity contribution < 1.29 is 24.6 Å². The first kappa shape index (κ1) is 20.9. The second-order valence-electron chi connectivity index (χ2n) is 6.31. The molecule has 0 aliphatic heterocycles. The van der Waals surface area contributed by atoms with E-state index in [-0.39, 0.29) is 33.0 Å². The summed E-state index contributed by atoms with van der Waals surface area (Å²) in [6, 6.07) is 13.0. The molecular formula is C18H13N3O8P-. The van der Waals surface area contributed by atoms with Gasteiger partial charge < -0.3 is 0 Å². The Labute approximate surface area is 168 Å². The van der Waals surface area contributed by atoms with E-state index in [0.717, 1.165) is 72.8 Å². The molecule has 11 nitrogen and oxygen atoms in total. The fourth-order valence-electron chi connectivity index (χ4n) is 3.00. The van der Waals surface area contributed by atoms with Gasteiger partial charge in [-0.1, -0.05) is 0 Å². The number of nitro benzene ring substituents is 3. The summed E-state index contributed by atoms with van der Waals surface area (Å²) in [5.74, 6) is 0. The van der Waals surface area contributed by atoms with Crippen LogP contribution < -0.4 is 20.8 Å². The molecule has 12 heteroatoms. The maximum absolute atomic E-state index is 14.3. The van der Waals surface area contributed by atoms with Gasteiger partial charge in [-0.2, -0.15) is 0 Å². The van der Waals surface area contributed by atoms with E-state index in [0.29, 0.717) is 0 Å². The van der Waals surface area contributed by atoms with Gasteiger partial charge in [0.15, 0.2) is 0 Å². The summed E-state index contributed by atoms with van der Waals surface area (Å²) in [5.41, 5.74) is -0.904. The van der Waals surface area contributed by atoms with E-state index in [4.69, 9.17) is 0 Å². The SMILES string of the molecule is O=[N+]([O-])c1ccc(P([O-])(O)(c2ccc([N+](=O)[O-])cc2)c2ccc([N+](=O)[O-])cc2)cc1. The standard InChI is InChI=1S/C18H13N3O8P/c22-19(23)13-1-7-16(8-2-13)30(28,29,17-9-3-14(4-10-17)20(24)25)18-11-5-15(6-12-18)21(26)27/h1-12,28H/q-1. The van der Waals surface area contributed by atoms with Gasteiger partial charge in [0.1, 0.15) is 0 Å². The first-order valence-electron chi connectivity index (χ1n) is 8.28. The molecule has 3 aromatic rings. The van der Waals surface area contributed by atoms with Gasteiger partial charge in [0, 0.05) is 0 Å². The minimum atomic E-state index is -5.48. The molecule has 0 aliphatic rings. The van der Waals surface area contributed by atoms with E-state index in [1.54, 1.807) is 0 Å². The Morgan fingerprint density at radius 2 is 0.733 bits per heavy atom. The van der Waals surface area contributed by atoms with Crippen LogP contribution in [0.3, 0.4) is 0 Å².